The highest BCUT2D eigenvalue weighted by molar-refractivity contribution is 5.93. The molecular weight excluding hydrogens is 390 g/mol. The van der Waals surface area contributed by atoms with Crippen molar-refractivity contribution < 1.29 is 14.3 Å². The second kappa shape index (κ2) is 9.98. The first-order valence-electron chi connectivity index (χ1n) is 10.4. The van der Waals surface area contributed by atoms with E-state index in [1.165, 1.54) is 0 Å². The Bertz CT molecular complexity index is 1060. The van der Waals surface area contributed by atoms with Crippen LogP contribution in [0.4, 0.5) is 10.5 Å². The van der Waals surface area contributed by atoms with Gasteiger partial charge in [-0.05, 0) is 50.5 Å². The fourth-order valence-electron chi connectivity index (χ4n) is 3.58. The lowest BCUT2D eigenvalue weighted by Gasteiger charge is -2.24. The van der Waals surface area contributed by atoms with Gasteiger partial charge in [0, 0.05) is 23.6 Å². The summed E-state index contributed by atoms with van der Waals surface area (Å²) in [5.74, 6) is -0.348. The lowest BCUT2D eigenvalue weighted by molar-refractivity contribution is 0.0525. The fraction of sp³-hybridized carbons (Fsp3) is 0.280. The standard InChI is InChI=1S/C25H29N3O3/c1-5-31-24(29)23-18(3)22(26-19(23)4)16-28(15-20-12-7-6-8-13-20)25(30)27-21-14-10-9-11-17(21)2/h6-14,26H,5,15-16H2,1-4H3,(H,27,30). The molecule has 0 aliphatic heterocycles. The average molecular weight is 420 g/mol. The van der Waals surface area contributed by atoms with E-state index in [2.05, 4.69) is 10.3 Å². The topological polar surface area (TPSA) is 74.4 Å². The number of nitrogens with one attached hydrogen (secondary N) is 2. The van der Waals surface area contributed by atoms with Crippen molar-refractivity contribution in [3.05, 3.63) is 88.2 Å². The maximum Gasteiger partial charge on any atom is 0.340 e. The molecule has 162 valence electrons. The van der Waals surface area contributed by atoms with Crippen molar-refractivity contribution in [3.63, 3.8) is 0 Å². The number of esters is 1. The van der Waals surface area contributed by atoms with E-state index in [0.717, 1.165) is 33.8 Å². The number of aromatic nitrogens is 1. The fourth-order valence-corrected chi connectivity index (χ4v) is 3.58. The number of H-pyrrole nitrogens is 1. The first-order chi connectivity index (χ1) is 14.9. The van der Waals surface area contributed by atoms with Crippen LogP contribution in [-0.2, 0) is 17.8 Å². The lowest BCUT2D eigenvalue weighted by atomic mass is 10.1. The molecule has 0 aliphatic carbocycles. The number of amides is 2. The third-order valence-corrected chi connectivity index (χ3v) is 5.26. The minimum atomic E-state index is -0.348. The zero-order valence-corrected chi connectivity index (χ0v) is 18.5. The van der Waals surface area contributed by atoms with Gasteiger partial charge in [0.05, 0.1) is 18.7 Å². The number of aryl methyl sites for hydroxylation is 2. The molecule has 3 aromatic rings. The van der Waals surface area contributed by atoms with Crippen molar-refractivity contribution in [1.29, 1.82) is 0 Å². The molecule has 0 saturated carbocycles. The largest absolute Gasteiger partial charge is 0.462 e. The summed E-state index contributed by atoms with van der Waals surface area (Å²) in [6.45, 7) is 8.55. The Kier molecular flexibility index (Phi) is 7.13. The van der Waals surface area contributed by atoms with E-state index in [1.54, 1.807) is 11.8 Å². The van der Waals surface area contributed by atoms with Crippen LogP contribution in [0, 0.1) is 20.8 Å². The Hall–Kier alpha value is -3.54. The van der Waals surface area contributed by atoms with Crippen LogP contribution in [0.25, 0.3) is 0 Å². The second-order valence-corrected chi connectivity index (χ2v) is 7.54. The van der Waals surface area contributed by atoms with Gasteiger partial charge in [0.1, 0.15) is 0 Å². The molecule has 0 bridgehead atoms. The van der Waals surface area contributed by atoms with Crippen LogP contribution in [0.2, 0.25) is 0 Å². The summed E-state index contributed by atoms with van der Waals surface area (Å²) in [6, 6.07) is 17.3. The van der Waals surface area contributed by atoms with Crippen LogP contribution in [0.3, 0.4) is 0 Å². The van der Waals surface area contributed by atoms with Crippen LogP contribution in [0.5, 0.6) is 0 Å². The SMILES string of the molecule is CCOC(=O)c1c(C)[nH]c(CN(Cc2ccccc2)C(=O)Nc2ccccc2C)c1C. The molecule has 2 N–H and O–H groups in total. The van der Waals surface area contributed by atoms with Gasteiger partial charge in [-0.15, -0.1) is 0 Å². The van der Waals surface area contributed by atoms with Crippen LogP contribution in [-0.4, -0.2) is 28.5 Å². The Morgan fingerprint density at radius 1 is 0.968 bits per heavy atom. The smallest absolute Gasteiger partial charge is 0.340 e. The lowest BCUT2D eigenvalue weighted by Crippen LogP contribution is -2.34. The number of benzene rings is 2. The molecule has 0 unspecified atom stereocenters. The summed E-state index contributed by atoms with van der Waals surface area (Å²) in [7, 11) is 0. The highest BCUT2D eigenvalue weighted by Crippen LogP contribution is 2.22. The quantitative estimate of drug-likeness (QED) is 0.507. The number of ether oxygens (including phenoxy) is 1. The number of urea groups is 1. The van der Waals surface area contributed by atoms with Gasteiger partial charge in [0.2, 0.25) is 0 Å². The third-order valence-electron chi connectivity index (χ3n) is 5.26. The van der Waals surface area contributed by atoms with Crippen molar-refractivity contribution in [2.75, 3.05) is 11.9 Å². The first kappa shape index (κ1) is 22.2. The number of carbonyl (C=O) groups is 2. The molecule has 0 aliphatic rings. The normalized spacial score (nSPS) is 10.6. The highest BCUT2D eigenvalue weighted by atomic mass is 16.5. The van der Waals surface area contributed by atoms with Gasteiger partial charge in [-0.25, -0.2) is 9.59 Å². The van der Waals surface area contributed by atoms with Crippen molar-refractivity contribution in [2.45, 2.75) is 40.8 Å². The number of hydrogen-bond acceptors (Lipinski definition) is 3. The number of carbonyl (C=O) groups excluding carboxylic acids is 2. The molecule has 0 fully saturated rings. The molecular formula is C25H29N3O3. The number of rotatable bonds is 7. The van der Waals surface area contributed by atoms with Crippen molar-refractivity contribution in [2.24, 2.45) is 0 Å². The number of nitrogens with zero attached hydrogens (tertiary/aromatic N) is 1. The number of anilines is 1. The third kappa shape index (κ3) is 5.34. The Labute approximate surface area is 183 Å². The molecule has 2 amide bonds. The van der Waals surface area contributed by atoms with Crippen molar-refractivity contribution >= 4 is 17.7 Å². The second-order valence-electron chi connectivity index (χ2n) is 7.54. The Balaban J connectivity index is 1.88. The van der Waals surface area contributed by atoms with E-state index in [9.17, 15) is 9.59 Å². The van der Waals surface area contributed by atoms with Crippen molar-refractivity contribution in [1.82, 2.24) is 9.88 Å². The molecule has 0 spiro atoms. The van der Waals surface area contributed by atoms with E-state index < -0.39 is 0 Å². The number of hydrogen-bond donors (Lipinski definition) is 2. The molecule has 0 atom stereocenters. The Morgan fingerprint density at radius 2 is 1.65 bits per heavy atom. The predicted molar refractivity (Wildman–Crippen MR) is 122 cm³/mol. The monoisotopic (exact) mass is 419 g/mol. The van der Waals surface area contributed by atoms with Gasteiger partial charge in [0.15, 0.2) is 0 Å². The zero-order valence-electron chi connectivity index (χ0n) is 18.5. The Morgan fingerprint density at radius 3 is 2.32 bits per heavy atom. The van der Waals surface area contributed by atoms with Gasteiger partial charge in [-0.3, -0.25) is 0 Å². The number of para-hydroxylation sites is 1. The van der Waals surface area contributed by atoms with E-state index in [4.69, 9.17) is 4.74 Å². The summed E-state index contributed by atoms with van der Waals surface area (Å²) in [4.78, 5) is 30.6. The number of aromatic amines is 1. The van der Waals surface area contributed by atoms with Gasteiger partial charge >= 0.3 is 12.0 Å². The zero-order chi connectivity index (χ0) is 22.4. The highest BCUT2D eigenvalue weighted by Gasteiger charge is 2.23. The van der Waals surface area contributed by atoms with E-state index in [0.29, 0.717) is 25.3 Å². The van der Waals surface area contributed by atoms with Gasteiger partial charge in [-0.1, -0.05) is 48.5 Å². The molecule has 6 nitrogen and oxygen atoms in total. The first-order valence-corrected chi connectivity index (χ1v) is 10.4. The van der Waals surface area contributed by atoms with Crippen LogP contribution < -0.4 is 5.32 Å². The minimum Gasteiger partial charge on any atom is -0.462 e. The molecule has 2 aromatic carbocycles. The predicted octanol–water partition coefficient (Wildman–Crippen LogP) is 5.35. The van der Waals surface area contributed by atoms with Crippen LogP contribution >= 0.6 is 0 Å². The van der Waals surface area contributed by atoms with E-state index in [-0.39, 0.29) is 12.0 Å². The van der Waals surface area contributed by atoms with Gasteiger partial charge in [0.25, 0.3) is 0 Å². The molecule has 31 heavy (non-hydrogen) atoms. The molecule has 0 saturated heterocycles. The van der Waals surface area contributed by atoms with E-state index in [1.807, 2.05) is 75.4 Å². The van der Waals surface area contributed by atoms with Crippen LogP contribution in [0.15, 0.2) is 54.6 Å². The average Bonchev–Trinajstić information content (AvgIpc) is 3.03. The van der Waals surface area contributed by atoms with Gasteiger partial charge in [-0.2, -0.15) is 0 Å². The molecule has 1 heterocycles. The molecule has 1 aromatic heterocycles. The maximum atomic E-state index is 13.2. The summed E-state index contributed by atoms with van der Waals surface area (Å²) < 4.78 is 5.19. The maximum absolute atomic E-state index is 13.2. The molecule has 6 heteroatoms. The van der Waals surface area contributed by atoms with Crippen molar-refractivity contribution in [3.8, 4) is 0 Å². The summed E-state index contributed by atoms with van der Waals surface area (Å²) in [5, 5.41) is 3.02. The van der Waals surface area contributed by atoms with Gasteiger partial charge < -0.3 is 19.9 Å². The summed E-state index contributed by atoms with van der Waals surface area (Å²) in [5.41, 5.74) is 5.69. The molecule has 0 radical (unpaired) electrons. The van der Waals surface area contributed by atoms with E-state index >= 15 is 0 Å². The summed E-state index contributed by atoms with van der Waals surface area (Å²) >= 11 is 0. The van der Waals surface area contributed by atoms with Crippen LogP contribution in [0.1, 0.15) is 45.4 Å². The minimum absolute atomic E-state index is 0.206. The summed E-state index contributed by atoms with van der Waals surface area (Å²) in [6.07, 6.45) is 0. The molecule has 3 rings (SSSR count).